The first-order valence-electron chi connectivity index (χ1n) is 8.89. The van der Waals surface area contributed by atoms with E-state index in [0.29, 0.717) is 22.4 Å². The molecule has 0 unspecified atom stereocenters. The molecule has 0 bridgehead atoms. The third kappa shape index (κ3) is 6.10. The molecule has 2 amide bonds. The van der Waals surface area contributed by atoms with Gasteiger partial charge in [-0.25, -0.2) is 0 Å². The zero-order valence-corrected chi connectivity index (χ0v) is 15.6. The highest BCUT2D eigenvalue weighted by molar-refractivity contribution is 6.04. The van der Waals surface area contributed by atoms with Crippen molar-refractivity contribution in [2.45, 2.75) is 12.9 Å². The monoisotopic (exact) mass is 414 g/mol. The Hall–Kier alpha value is -3.81. The molecular weight excluding hydrogens is 397 g/mol. The van der Waals surface area contributed by atoms with Gasteiger partial charge < -0.3 is 15.4 Å². The number of halogens is 3. The van der Waals surface area contributed by atoms with Crippen LogP contribution in [0.4, 0.5) is 18.9 Å². The summed E-state index contributed by atoms with van der Waals surface area (Å²) in [5, 5.41) is 5.42. The molecule has 0 aliphatic heterocycles. The van der Waals surface area contributed by atoms with Gasteiger partial charge in [0.15, 0.2) is 0 Å². The van der Waals surface area contributed by atoms with Gasteiger partial charge in [0, 0.05) is 23.4 Å². The fraction of sp³-hybridized carbons (Fsp3) is 0.0909. The predicted molar refractivity (Wildman–Crippen MR) is 105 cm³/mol. The third-order valence-corrected chi connectivity index (χ3v) is 4.05. The number of nitrogens with one attached hydrogen (secondary N) is 2. The zero-order chi connectivity index (χ0) is 21.6. The summed E-state index contributed by atoms with van der Waals surface area (Å²) < 4.78 is 40.3. The lowest BCUT2D eigenvalue weighted by molar-refractivity contribution is -0.274. The van der Waals surface area contributed by atoms with E-state index in [9.17, 15) is 22.8 Å². The Labute approximate surface area is 170 Å². The molecule has 0 radical (unpaired) electrons. The van der Waals surface area contributed by atoms with E-state index in [0.717, 1.165) is 0 Å². The van der Waals surface area contributed by atoms with Gasteiger partial charge in [-0.1, -0.05) is 30.3 Å². The normalized spacial score (nSPS) is 10.9. The van der Waals surface area contributed by atoms with Crippen LogP contribution in [-0.4, -0.2) is 18.2 Å². The first kappa shape index (κ1) is 20.9. The van der Waals surface area contributed by atoms with E-state index < -0.39 is 6.36 Å². The Kier molecular flexibility index (Phi) is 6.36. The molecule has 0 saturated heterocycles. The largest absolute Gasteiger partial charge is 0.573 e. The smallest absolute Gasteiger partial charge is 0.406 e. The molecule has 30 heavy (non-hydrogen) atoms. The standard InChI is InChI=1S/C22H17F3N2O3/c23-22(24,25)30-19-12-6-15(7-13-19)14-26-20(28)17-8-10-18(11-9-17)27-21(29)16-4-2-1-3-5-16/h1-13H,14H2,(H,26,28)(H,27,29). The second kappa shape index (κ2) is 9.13. The molecule has 3 aromatic carbocycles. The number of ether oxygens (including phenoxy) is 1. The first-order valence-corrected chi connectivity index (χ1v) is 8.89. The van der Waals surface area contributed by atoms with Gasteiger partial charge in [0.1, 0.15) is 5.75 Å². The van der Waals surface area contributed by atoms with Crippen LogP contribution in [0.5, 0.6) is 5.75 Å². The number of hydrogen-bond acceptors (Lipinski definition) is 3. The van der Waals surface area contributed by atoms with E-state index in [1.165, 1.54) is 24.3 Å². The number of hydrogen-bond donors (Lipinski definition) is 2. The summed E-state index contributed by atoms with van der Waals surface area (Å²) in [6, 6.07) is 20.3. The molecular formula is C22H17F3N2O3. The quantitative estimate of drug-likeness (QED) is 0.611. The number of carbonyl (C=O) groups is 2. The SMILES string of the molecule is O=C(NCc1ccc(OC(F)(F)F)cc1)c1ccc(NC(=O)c2ccccc2)cc1. The van der Waals surface area contributed by atoms with Crippen LogP contribution in [0.25, 0.3) is 0 Å². The lowest BCUT2D eigenvalue weighted by Crippen LogP contribution is -2.22. The Morgan fingerprint density at radius 3 is 1.97 bits per heavy atom. The second-order valence-electron chi connectivity index (χ2n) is 6.27. The molecule has 8 heteroatoms. The van der Waals surface area contributed by atoms with E-state index >= 15 is 0 Å². The summed E-state index contributed by atoms with van der Waals surface area (Å²) in [5.41, 5.74) is 2.06. The van der Waals surface area contributed by atoms with Crippen LogP contribution in [0.2, 0.25) is 0 Å². The fourth-order valence-electron chi connectivity index (χ4n) is 2.59. The number of rotatable bonds is 6. The maximum atomic E-state index is 12.3. The van der Waals surface area contributed by atoms with Gasteiger partial charge in [-0.2, -0.15) is 0 Å². The fourth-order valence-corrected chi connectivity index (χ4v) is 2.59. The van der Waals surface area contributed by atoms with Crippen molar-refractivity contribution in [2.75, 3.05) is 5.32 Å². The maximum absolute atomic E-state index is 12.3. The van der Waals surface area contributed by atoms with Gasteiger partial charge in [0.05, 0.1) is 0 Å². The van der Waals surface area contributed by atoms with E-state index in [-0.39, 0.29) is 24.1 Å². The van der Waals surface area contributed by atoms with Gasteiger partial charge in [0.25, 0.3) is 11.8 Å². The molecule has 3 aromatic rings. The van der Waals surface area contributed by atoms with Gasteiger partial charge >= 0.3 is 6.36 Å². The lowest BCUT2D eigenvalue weighted by Gasteiger charge is -2.10. The molecule has 0 saturated carbocycles. The van der Waals surface area contributed by atoms with Crippen molar-refractivity contribution in [3.8, 4) is 5.75 Å². The van der Waals surface area contributed by atoms with E-state index in [4.69, 9.17) is 0 Å². The summed E-state index contributed by atoms with van der Waals surface area (Å²) in [4.78, 5) is 24.4. The maximum Gasteiger partial charge on any atom is 0.573 e. The minimum absolute atomic E-state index is 0.137. The number of anilines is 1. The lowest BCUT2D eigenvalue weighted by atomic mass is 10.1. The Morgan fingerprint density at radius 1 is 0.767 bits per heavy atom. The highest BCUT2D eigenvalue weighted by Gasteiger charge is 2.30. The summed E-state index contributed by atoms with van der Waals surface area (Å²) in [6.45, 7) is 0.137. The third-order valence-electron chi connectivity index (χ3n) is 4.05. The van der Waals surface area contributed by atoms with Gasteiger partial charge in [0.2, 0.25) is 0 Å². The van der Waals surface area contributed by atoms with Crippen LogP contribution >= 0.6 is 0 Å². The van der Waals surface area contributed by atoms with Gasteiger partial charge in [-0.05, 0) is 54.1 Å². The Balaban J connectivity index is 1.53. The van der Waals surface area contributed by atoms with Crippen LogP contribution < -0.4 is 15.4 Å². The summed E-state index contributed by atoms with van der Waals surface area (Å²) in [5.74, 6) is -0.942. The zero-order valence-electron chi connectivity index (χ0n) is 15.6. The predicted octanol–water partition coefficient (Wildman–Crippen LogP) is 4.77. The van der Waals surface area contributed by atoms with Crippen LogP contribution in [0.1, 0.15) is 26.3 Å². The van der Waals surface area contributed by atoms with E-state index in [2.05, 4.69) is 15.4 Å². The van der Waals surface area contributed by atoms with Gasteiger partial charge in [-0.3, -0.25) is 9.59 Å². The number of alkyl halides is 3. The number of benzene rings is 3. The highest BCUT2D eigenvalue weighted by Crippen LogP contribution is 2.22. The summed E-state index contributed by atoms with van der Waals surface area (Å²) in [6.07, 6.45) is -4.75. The van der Waals surface area contributed by atoms with Crippen molar-refractivity contribution in [1.29, 1.82) is 0 Å². The topological polar surface area (TPSA) is 67.4 Å². The minimum Gasteiger partial charge on any atom is -0.406 e. The minimum atomic E-state index is -4.75. The van der Waals surface area contributed by atoms with Crippen molar-refractivity contribution in [1.82, 2.24) is 5.32 Å². The number of amides is 2. The molecule has 0 heterocycles. The van der Waals surface area contributed by atoms with E-state index in [1.54, 1.807) is 48.5 Å². The highest BCUT2D eigenvalue weighted by atomic mass is 19.4. The van der Waals surface area contributed by atoms with Crippen LogP contribution in [0.3, 0.4) is 0 Å². The summed E-state index contributed by atoms with van der Waals surface area (Å²) in [7, 11) is 0. The second-order valence-corrected chi connectivity index (χ2v) is 6.27. The van der Waals surface area contributed by atoms with Crippen molar-refractivity contribution < 1.29 is 27.5 Å². The van der Waals surface area contributed by atoms with Crippen molar-refractivity contribution >= 4 is 17.5 Å². The van der Waals surface area contributed by atoms with Crippen LogP contribution in [0, 0.1) is 0 Å². The molecule has 2 N–H and O–H groups in total. The molecule has 154 valence electrons. The summed E-state index contributed by atoms with van der Waals surface area (Å²) >= 11 is 0. The van der Waals surface area contributed by atoms with Crippen LogP contribution in [0.15, 0.2) is 78.9 Å². The molecule has 5 nitrogen and oxygen atoms in total. The average Bonchev–Trinajstić information content (AvgIpc) is 2.73. The van der Waals surface area contributed by atoms with Crippen LogP contribution in [-0.2, 0) is 6.54 Å². The molecule has 0 spiro atoms. The molecule has 0 aliphatic carbocycles. The van der Waals surface area contributed by atoms with E-state index in [1.807, 2.05) is 6.07 Å². The molecule has 0 atom stereocenters. The van der Waals surface area contributed by atoms with Gasteiger partial charge in [-0.15, -0.1) is 13.2 Å². The molecule has 3 rings (SSSR count). The van der Waals surface area contributed by atoms with Crippen molar-refractivity contribution in [2.24, 2.45) is 0 Å². The Bertz CT molecular complexity index is 1000. The molecule has 0 fully saturated rings. The molecule has 0 aliphatic rings. The van der Waals surface area contributed by atoms with Crippen molar-refractivity contribution in [3.63, 3.8) is 0 Å². The number of carbonyl (C=O) groups excluding carboxylic acids is 2. The first-order chi connectivity index (χ1) is 14.3. The average molecular weight is 414 g/mol. The Morgan fingerprint density at radius 2 is 1.37 bits per heavy atom. The molecule has 0 aromatic heterocycles. The van der Waals surface area contributed by atoms with Crippen molar-refractivity contribution in [3.05, 3.63) is 95.6 Å².